The summed E-state index contributed by atoms with van der Waals surface area (Å²) >= 11 is 26.5. The molecule has 0 radical (unpaired) electrons. The van der Waals surface area contributed by atoms with Gasteiger partial charge in [-0.1, -0.05) is 30.1 Å². The first-order chi connectivity index (χ1) is 12.2. The standard InChI is InChI=1S/C17H17Cl4NO4/c1-3-5(2)26-22-14(23)6-7(15(22)24)11-9-8(10(6)25-11)16(20)4-17(9,21)13(19)12(16)18/h5-11H,3-4H2,1-2H3. The maximum absolute atomic E-state index is 12.9. The van der Waals surface area contributed by atoms with E-state index in [1.54, 1.807) is 0 Å². The molecule has 1 saturated carbocycles. The highest BCUT2D eigenvalue weighted by Gasteiger charge is 2.82. The fraction of sp³-hybridized carbons (Fsp3) is 0.765. The molecule has 0 aromatic heterocycles. The SMILES string of the molecule is CCC(C)ON1C(=O)C2C3OC(C2C1=O)C1C3C2(Cl)CC1(Cl)C(Cl)=C2Cl. The van der Waals surface area contributed by atoms with Crippen LogP contribution in [0, 0.1) is 23.7 Å². The number of carbonyl (C=O) groups excluding carboxylic acids is 2. The smallest absolute Gasteiger partial charge is 0.260 e. The number of imide groups is 1. The first kappa shape index (κ1) is 18.0. The van der Waals surface area contributed by atoms with Gasteiger partial charge in [0.05, 0.1) is 50.0 Å². The normalized spacial score (nSPS) is 52.3. The summed E-state index contributed by atoms with van der Waals surface area (Å²) in [5.41, 5.74) is 0. The lowest BCUT2D eigenvalue weighted by molar-refractivity contribution is -0.205. The van der Waals surface area contributed by atoms with Crippen molar-refractivity contribution < 1.29 is 19.2 Å². The largest absolute Gasteiger partial charge is 0.373 e. The van der Waals surface area contributed by atoms with Gasteiger partial charge in [0.1, 0.15) is 0 Å². The Balaban J connectivity index is 1.54. The van der Waals surface area contributed by atoms with Crippen LogP contribution in [0.5, 0.6) is 0 Å². The third-order valence-electron chi connectivity index (χ3n) is 6.83. The van der Waals surface area contributed by atoms with Crippen molar-refractivity contribution >= 4 is 58.2 Å². The Bertz CT molecular complexity index is 720. The second kappa shape index (κ2) is 5.31. The Morgan fingerprint density at radius 1 is 1.12 bits per heavy atom. The maximum Gasteiger partial charge on any atom is 0.260 e. The Morgan fingerprint density at radius 2 is 1.58 bits per heavy atom. The van der Waals surface area contributed by atoms with E-state index in [2.05, 4.69) is 0 Å². The molecule has 142 valence electrons. The predicted molar refractivity (Wildman–Crippen MR) is 95.8 cm³/mol. The highest BCUT2D eigenvalue weighted by Crippen LogP contribution is 2.75. The Kier molecular flexibility index (Phi) is 3.68. The zero-order chi connectivity index (χ0) is 18.8. The van der Waals surface area contributed by atoms with Crippen LogP contribution in [0.1, 0.15) is 26.7 Å². The van der Waals surface area contributed by atoms with E-state index in [1.165, 1.54) is 0 Å². The van der Waals surface area contributed by atoms with Crippen molar-refractivity contribution in [2.45, 2.75) is 54.7 Å². The van der Waals surface area contributed by atoms with Crippen molar-refractivity contribution in [3.05, 3.63) is 10.1 Å². The summed E-state index contributed by atoms with van der Waals surface area (Å²) in [6.07, 6.45) is -0.171. The second-order valence-corrected chi connectivity index (χ2v) is 10.1. The fourth-order valence-electron chi connectivity index (χ4n) is 5.62. The molecule has 3 heterocycles. The molecule has 3 aliphatic heterocycles. The van der Waals surface area contributed by atoms with Gasteiger partial charge in [0.15, 0.2) is 0 Å². The van der Waals surface area contributed by atoms with Crippen LogP contribution in [0.4, 0.5) is 0 Å². The van der Waals surface area contributed by atoms with Crippen molar-refractivity contribution in [3.8, 4) is 0 Å². The number of nitrogens with zero attached hydrogens (tertiary/aromatic N) is 1. The molecule has 5 aliphatic rings. The van der Waals surface area contributed by atoms with Gasteiger partial charge >= 0.3 is 0 Å². The van der Waals surface area contributed by atoms with Crippen LogP contribution in [-0.4, -0.2) is 44.9 Å². The third kappa shape index (κ3) is 1.79. The predicted octanol–water partition coefficient (Wildman–Crippen LogP) is 3.39. The molecular weight excluding hydrogens is 424 g/mol. The van der Waals surface area contributed by atoms with E-state index in [-0.39, 0.29) is 29.8 Å². The van der Waals surface area contributed by atoms with Gasteiger partial charge < -0.3 is 4.74 Å². The summed E-state index contributed by atoms with van der Waals surface area (Å²) < 4.78 is 6.10. The lowest BCUT2D eigenvalue weighted by Crippen LogP contribution is -2.50. The summed E-state index contributed by atoms with van der Waals surface area (Å²) in [5.74, 6) is -2.41. The van der Waals surface area contributed by atoms with Crippen LogP contribution >= 0.6 is 46.4 Å². The third-order valence-corrected chi connectivity index (χ3v) is 9.32. The Labute approximate surface area is 170 Å². The van der Waals surface area contributed by atoms with E-state index in [4.69, 9.17) is 56.0 Å². The summed E-state index contributed by atoms with van der Waals surface area (Å²) in [6.45, 7) is 3.75. The van der Waals surface area contributed by atoms with E-state index < -0.39 is 33.8 Å². The number of fused-ring (bicyclic) bond motifs is 12. The number of allylic oxidation sites excluding steroid dienone is 2. The van der Waals surface area contributed by atoms with Crippen molar-refractivity contribution in [1.29, 1.82) is 0 Å². The van der Waals surface area contributed by atoms with E-state index in [9.17, 15) is 9.59 Å². The molecule has 5 nitrogen and oxygen atoms in total. The molecule has 0 aromatic rings. The molecule has 26 heavy (non-hydrogen) atoms. The van der Waals surface area contributed by atoms with Gasteiger partial charge in [-0.15, -0.1) is 23.2 Å². The fourth-order valence-corrected chi connectivity index (χ4v) is 7.64. The van der Waals surface area contributed by atoms with E-state index in [0.717, 1.165) is 5.06 Å². The minimum absolute atomic E-state index is 0.236. The number of hydrogen-bond acceptors (Lipinski definition) is 4. The Morgan fingerprint density at radius 3 is 2.00 bits per heavy atom. The zero-order valence-electron chi connectivity index (χ0n) is 14.0. The van der Waals surface area contributed by atoms with Crippen molar-refractivity contribution in [2.24, 2.45) is 23.7 Å². The molecule has 4 fully saturated rings. The monoisotopic (exact) mass is 439 g/mol. The van der Waals surface area contributed by atoms with Crippen LogP contribution in [0.3, 0.4) is 0 Å². The van der Waals surface area contributed by atoms with Gasteiger partial charge in [0, 0.05) is 11.8 Å². The van der Waals surface area contributed by atoms with E-state index in [0.29, 0.717) is 22.9 Å². The first-order valence-corrected chi connectivity index (χ1v) is 10.3. The Hall–Kier alpha value is -0.0400. The summed E-state index contributed by atoms with van der Waals surface area (Å²) in [4.78, 5) is 29.5. The zero-order valence-corrected chi connectivity index (χ0v) is 17.1. The molecule has 4 bridgehead atoms. The van der Waals surface area contributed by atoms with Crippen LogP contribution in [0.25, 0.3) is 0 Å². The molecule has 9 heteroatoms. The number of hydroxylamine groups is 2. The average molecular weight is 441 g/mol. The van der Waals surface area contributed by atoms with Crippen molar-refractivity contribution in [1.82, 2.24) is 5.06 Å². The highest BCUT2D eigenvalue weighted by atomic mass is 35.5. The number of halogens is 4. The molecule has 0 N–H and O–H groups in total. The summed E-state index contributed by atoms with van der Waals surface area (Å²) in [5, 5.41) is 1.61. The van der Waals surface area contributed by atoms with Gasteiger partial charge in [-0.25, -0.2) is 0 Å². The molecular formula is C17H17Cl4NO4. The van der Waals surface area contributed by atoms with Gasteiger partial charge in [0.2, 0.25) is 0 Å². The van der Waals surface area contributed by atoms with Crippen LogP contribution < -0.4 is 0 Å². The van der Waals surface area contributed by atoms with Gasteiger partial charge in [-0.3, -0.25) is 14.4 Å². The average Bonchev–Trinajstić information content (AvgIpc) is 3.32. The number of carbonyl (C=O) groups is 2. The molecule has 2 amide bonds. The second-order valence-electron chi connectivity index (χ2n) is 7.99. The van der Waals surface area contributed by atoms with Gasteiger partial charge in [-0.05, 0) is 19.8 Å². The molecule has 9 unspecified atom stereocenters. The van der Waals surface area contributed by atoms with Gasteiger partial charge in [0.25, 0.3) is 11.8 Å². The quantitative estimate of drug-likeness (QED) is 0.498. The minimum atomic E-state index is -0.941. The van der Waals surface area contributed by atoms with Crippen molar-refractivity contribution in [3.63, 3.8) is 0 Å². The number of alkyl halides is 2. The summed E-state index contributed by atoms with van der Waals surface area (Å²) in [7, 11) is 0. The van der Waals surface area contributed by atoms with Crippen LogP contribution in [-0.2, 0) is 19.2 Å². The van der Waals surface area contributed by atoms with E-state index >= 15 is 0 Å². The van der Waals surface area contributed by atoms with Gasteiger partial charge in [-0.2, -0.15) is 5.06 Å². The number of ether oxygens (including phenoxy) is 1. The number of rotatable bonds is 3. The van der Waals surface area contributed by atoms with Crippen LogP contribution in [0.15, 0.2) is 10.1 Å². The highest BCUT2D eigenvalue weighted by molar-refractivity contribution is 6.51. The molecule has 5 rings (SSSR count). The van der Waals surface area contributed by atoms with Crippen LogP contribution in [0.2, 0.25) is 0 Å². The topological polar surface area (TPSA) is 55.8 Å². The maximum atomic E-state index is 12.9. The number of amides is 2. The molecule has 2 aliphatic carbocycles. The minimum Gasteiger partial charge on any atom is -0.373 e. The van der Waals surface area contributed by atoms with Crippen molar-refractivity contribution in [2.75, 3.05) is 0 Å². The molecule has 9 atom stereocenters. The first-order valence-electron chi connectivity index (χ1n) is 8.81. The lowest BCUT2D eigenvalue weighted by Gasteiger charge is -2.40. The van der Waals surface area contributed by atoms with E-state index in [1.807, 2.05) is 13.8 Å². The number of hydrogen-bond donors (Lipinski definition) is 0. The lowest BCUT2D eigenvalue weighted by atomic mass is 9.65. The molecule has 3 saturated heterocycles. The molecule has 0 spiro atoms. The summed E-state index contributed by atoms with van der Waals surface area (Å²) in [6, 6.07) is 0. The molecule has 0 aromatic carbocycles.